The lowest BCUT2D eigenvalue weighted by Gasteiger charge is -2.20. The molecule has 0 unspecified atom stereocenters. The molecular formula is C16H21N3OS. The van der Waals surface area contributed by atoms with Gasteiger partial charge in [0.15, 0.2) is 0 Å². The van der Waals surface area contributed by atoms with Gasteiger partial charge in [-0.1, -0.05) is 55.9 Å². The number of rotatable bonds is 5. The van der Waals surface area contributed by atoms with Gasteiger partial charge in [-0.3, -0.25) is 9.69 Å². The fourth-order valence-corrected chi connectivity index (χ4v) is 2.93. The molecule has 1 amide bonds. The summed E-state index contributed by atoms with van der Waals surface area (Å²) in [5.41, 5.74) is 2.24. The Labute approximate surface area is 129 Å². The number of carbonyl (C=O) groups excluding carboxylic acids is 1. The summed E-state index contributed by atoms with van der Waals surface area (Å²) < 4.78 is 0. The summed E-state index contributed by atoms with van der Waals surface area (Å²) in [7, 11) is 0. The third-order valence-electron chi connectivity index (χ3n) is 3.12. The summed E-state index contributed by atoms with van der Waals surface area (Å²) in [6.07, 6.45) is 0.901. The molecule has 112 valence electrons. The molecule has 21 heavy (non-hydrogen) atoms. The largest absolute Gasteiger partial charge is 0.286 e. The zero-order valence-corrected chi connectivity index (χ0v) is 13.8. The lowest BCUT2D eigenvalue weighted by molar-refractivity contribution is -0.121. The number of aromatic nitrogens is 2. The van der Waals surface area contributed by atoms with Crippen molar-refractivity contribution in [2.24, 2.45) is 5.92 Å². The van der Waals surface area contributed by atoms with Crippen molar-refractivity contribution in [3.63, 3.8) is 0 Å². The molecular weight excluding hydrogens is 282 g/mol. The predicted octanol–water partition coefficient (Wildman–Crippen LogP) is 3.91. The minimum atomic E-state index is -0.0390. The third-order valence-corrected chi connectivity index (χ3v) is 4.11. The Kier molecular flexibility index (Phi) is 5.07. The fraction of sp³-hybridized carbons (Fsp3) is 0.438. The molecule has 2 rings (SSSR count). The third kappa shape index (κ3) is 3.67. The molecule has 5 heteroatoms. The monoisotopic (exact) mass is 303 g/mol. The predicted molar refractivity (Wildman–Crippen MR) is 87.6 cm³/mol. The minimum Gasteiger partial charge on any atom is -0.286 e. The molecule has 0 bridgehead atoms. The van der Waals surface area contributed by atoms with Crippen LogP contribution in [0.2, 0.25) is 0 Å². The summed E-state index contributed by atoms with van der Waals surface area (Å²) >= 11 is 1.47. The molecule has 0 atom stereocenters. The molecule has 0 aliphatic heterocycles. The van der Waals surface area contributed by atoms with Gasteiger partial charge in [0.05, 0.1) is 0 Å². The molecule has 2 aromatic rings. The van der Waals surface area contributed by atoms with Crippen LogP contribution in [0.1, 0.15) is 32.8 Å². The van der Waals surface area contributed by atoms with Crippen molar-refractivity contribution < 1.29 is 4.79 Å². The number of carbonyl (C=O) groups is 1. The van der Waals surface area contributed by atoms with Crippen molar-refractivity contribution in [2.75, 3.05) is 11.4 Å². The van der Waals surface area contributed by atoms with Crippen LogP contribution in [0.5, 0.6) is 0 Å². The van der Waals surface area contributed by atoms with Gasteiger partial charge in [0.1, 0.15) is 5.01 Å². The van der Waals surface area contributed by atoms with E-state index in [0.717, 1.165) is 17.0 Å². The maximum absolute atomic E-state index is 12.3. The van der Waals surface area contributed by atoms with E-state index in [2.05, 4.69) is 36.2 Å². The minimum absolute atomic E-state index is 0.0390. The van der Waals surface area contributed by atoms with E-state index in [-0.39, 0.29) is 11.8 Å². The highest BCUT2D eigenvalue weighted by molar-refractivity contribution is 7.18. The topological polar surface area (TPSA) is 46.1 Å². The number of hydrogen-bond acceptors (Lipinski definition) is 4. The molecule has 4 nitrogen and oxygen atoms in total. The van der Waals surface area contributed by atoms with Crippen LogP contribution >= 0.6 is 11.3 Å². The molecule has 0 radical (unpaired) electrons. The van der Waals surface area contributed by atoms with Gasteiger partial charge in [-0.2, -0.15) is 0 Å². The van der Waals surface area contributed by atoms with Crippen molar-refractivity contribution in [3.8, 4) is 10.6 Å². The summed E-state index contributed by atoms with van der Waals surface area (Å²) in [6.45, 7) is 8.61. The first kappa shape index (κ1) is 15.6. The SMILES string of the molecule is CCCN(C(=O)C(C)C)c1nnc(-c2cccc(C)c2)s1. The van der Waals surface area contributed by atoms with Gasteiger partial charge in [0.25, 0.3) is 0 Å². The Hall–Kier alpha value is -1.75. The average Bonchev–Trinajstić information content (AvgIpc) is 2.93. The number of aryl methyl sites for hydroxylation is 1. The zero-order valence-electron chi connectivity index (χ0n) is 13.0. The van der Waals surface area contributed by atoms with Crippen molar-refractivity contribution in [1.82, 2.24) is 10.2 Å². The lowest BCUT2D eigenvalue weighted by atomic mass is 10.1. The smallest absolute Gasteiger partial charge is 0.231 e. The second-order valence-electron chi connectivity index (χ2n) is 5.40. The van der Waals surface area contributed by atoms with Crippen LogP contribution in [-0.2, 0) is 4.79 Å². The van der Waals surface area contributed by atoms with Gasteiger partial charge in [-0.15, -0.1) is 10.2 Å². The molecule has 0 aliphatic rings. The first-order valence-corrected chi connectivity index (χ1v) is 8.06. The van der Waals surface area contributed by atoms with E-state index in [1.165, 1.54) is 16.9 Å². The molecule has 1 aromatic carbocycles. The molecule has 0 saturated carbocycles. The van der Waals surface area contributed by atoms with Crippen LogP contribution in [0.25, 0.3) is 10.6 Å². The molecule has 0 N–H and O–H groups in total. The van der Waals surface area contributed by atoms with Crippen molar-refractivity contribution >= 4 is 22.4 Å². The Bertz CT molecular complexity index is 621. The Morgan fingerprint density at radius 3 is 2.71 bits per heavy atom. The summed E-state index contributed by atoms with van der Waals surface area (Å²) in [6, 6.07) is 8.16. The highest BCUT2D eigenvalue weighted by atomic mass is 32.1. The number of nitrogens with zero attached hydrogens (tertiary/aromatic N) is 3. The lowest BCUT2D eigenvalue weighted by Crippen LogP contribution is -2.34. The number of anilines is 1. The van der Waals surface area contributed by atoms with Crippen molar-refractivity contribution in [2.45, 2.75) is 34.1 Å². The number of amides is 1. The van der Waals surface area contributed by atoms with E-state index in [9.17, 15) is 4.79 Å². The summed E-state index contributed by atoms with van der Waals surface area (Å²) in [5.74, 6) is 0.0617. The van der Waals surface area contributed by atoms with E-state index in [0.29, 0.717) is 11.7 Å². The number of benzene rings is 1. The van der Waals surface area contributed by atoms with Gasteiger partial charge in [-0.25, -0.2) is 0 Å². The molecule has 0 spiro atoms. The second-order valence-corrected chi connectivity index (χ2v) is 6.36. The van der Waals surface area contributed by atoms with E-state index >= 15 is 0 Å². The van der Waals surface area contributed by atoms with Crippen LogP contribution in [0.3, 0.4) is 0 Å². The molecule has 0 fully saturated rings. The summed E-state index contributed by atoms with van der Waals surface area (Å²) in [5, 5.41) is 10.0. The Morgan fingerprint density at radius 2 is 2.10 bits per heavy atom. The van der Waals surface area contributed by atoms with Crippen molar-refractivity contribution in [1.29, 1.82) is 0 Å². The highest BCUT2D eigenvalue weighted by Crippen LogP contribution is 2.29. The quantitative estimate of drug-likeness (QED) is 0.841. The zero-order chi connectivity index (χ0) is 15.4. The molecule has 1 heterocycles. The van der Waals surface area contributed by atoms with E-state index < -0.39 is 0 Å². The first-order chi connectivity index (χ1) is 10.0. The maximum atomic E-state index is 12.3. The molecule has 0 aliphatic carbocycles. The standard InChI is InChI=1S/C16H21N3OS/c1-5-9-19(15(20)11(2)3)16-18-17-14(21-16)13-8-6-7-12(4)10-13/h6-8,10-11H,5,9H2,1-4H3. The maximum Gasteiger partial charge on any atom is 0.231 e. The molecule has 0 saturated heterocycles. The van der Waals surface area contributed by atoms with Crippen molar-refractivity contribution in [3.05, 3.63) is 29.8 Å². The van der Waals surface area contributed by atoms with Gasteiger partial charge in [0.2, 0.25) is 11.0 Å². The van der Waals surface area contributed by atoms with Gasteiger partial charge < -0.3 is 0 Å². The van der Waals surface area contributed by atoms with Crippen LogP contribution in [0, 0.1) is 12.8 Å². The fourth-order valence-electron chi connectivity index (χ4n) is 2.05. The van der Waals surface area contributed by atoms with E-state index in [4.69, 9.17) is 0 Å². The van der Waals surface area contributed by atoms with Crippen LogP contribution in [0.15, 0.2) is 24.3 Å². The average molecular weight is 303 g/mol. The Balaban J connectivity index is 2.30. The molecule has 1 aromatic heterocycles. The first-order valence-electron chi connectivity index (χ1n) is 7.24. The van der Waals surface area contributed by atoms with E-state index in [1.807, 2.05) is 26.0 Å². The number of hydrogen-bond donors (Lipinski definition) is 0. The summed E-state index contributed by atoms with van der Waals surface area (Å²) in [4.78, 5) is 14.0. The van der Waals surface area contributed by atoms with Crippen LogP contribution in [-0.4, -0.2) is 22.6 Å². The normalized spacial score (nSPS) is 10.9. The van der Waals surface area contributed by atoms with Crippen LogP contribution in [0.4, 0.5) is 5.13 Å². The van der Waals surface area contributed by atoms with Gasteiger partial charge in [-0.05, 0) is 19.4 Å². The van der Waals surface area contributed by atoms with Crippen LogP contribution < -0.4 is 4.90 Å². The van der Waals surface area contributed by atoms with Gasteiger partial charge in [0, 0.05) is 18.0 Å². The second kappa shape index (κ2) is 6.80. The van der Waals surface area contributed by atoms with Gasteiger partial charge >= 0.3 is 0 Å². The highest BCUT2D eigenvalue weighted by Gasteiger charge is 2.22. The van der Waals surface area contributed by atoms with E-state index in [1.54, 1.807) is 4.90 Å². The Morgan fingerprint density at radius 1 is 1.33 bits per heavy atom.